The van der Waals surface area contributed by atoms with Crippen LogP contribution in [0.4, 0.5) is 0 Å². The summed E-state index contributed by atoms with van der Waals surface area (Å²) in [5.41, 5.74) is 1.29. The van der Waals surface area contributed by atoms with Gasteiger partial charge in [0.25, 0.3) is 0 Å². The van der Waals surface area contributed by atoms with Crippen molar-refractivity contribution in [3.8, 4) is 0 Å². The second-order valence-electron chi connectivity index (χ2n) is 6.91. The molecule has 27 heavy (non-hydrogen) atoms. The van der Waals surface area contributed by atoms with Crippen LogP contribution in [0.2, 0.25) is 0 Å². The van der Waals surface area contributed by atoms with Crippen LogP contribution in [0.25, 0.3) is 0 Å². The van der Waals surface area contributed by atoms with Crippen molar-refractivity contribution in [3.63, 3.8) is 0 Å². The summed E-state index contributed by atoms with van der Waals surface area (Å²) in [6.07, 6.45) is 1.87. The number of aromatic carboxylic acids is 1. The van der Waals surface area contributed by atoms with Crippen molar-refractivity contribution >= 4 is 27.3 Å². The van der Waals surface area contributed by atoms with Crippen LogP contribution in [0.15, 0.2) is 46.7 Å². The third-order valence-corrected chi connectivity index (χ3v) is 7.88. The molecule has 1 aromatic heterocycles. The predicted molar refractivity (Wildman–Crippen MR) is 106 cm³/mol. The molecule has 0 bridgehead atoms. The summed E-state index contributed by atoms with van der Waals surface area (Å²) < 4.78 is 26.8. The molecule has 0 amide bonds. The van der Waals surface area contributed by atoms with Gasteiger partial charge in [-0.05, 0) is 48.9 Å². The summed E-state index contributed by atoms with van der Waals surface area (Å²) in [5.74, 6) is -0.921. The average Bonchev–Trinajstić information content (AvgIpc) is 3.15. The van der Waals surface area contributed by atoms with E-state index < -0.39 is 16.0 Å². The molecule has 0 saturated carbocycles. The van der Waals surface area contributed by atoms with E-state index in [2.05, 4.69) is 17.0 Å². The van der Waals surface area contributed by atoms with Crippen LogP contribution in [0, 0.1) is 5.92 Å². The Labute approximate surface area is 164 Å². The SMILES string of the molecule is CN(CC1CCN(Cc2ccccc2)CC1)S(=O)(=O)c1ccsc1C(=O)O. The molecule has 1 N–H and O–H groups in total. The summed E-state index contributed by atoms with van der Waals surface area (Å²) in [7, 11) is -2.25. The van der Waals surface area contributed by atoms with Gasteiger partial charge in [-0.25, -0.2) is 17.5 Å². The van der Waals surface area contributed by atoms with Gasteiger partial charge in [0, 0.05) is 20.1 Å². The number of sulfonamides is 1. The minimum atomic E-state index is -3.78. The number of carboxylic acids is 1. The minimum absolute atomic E-state index is 0.107. The third-order valence-electron chi connectivity index (χ3n) is 4.98. The highest BCUT2D eigenvalue weighted by Gasteiger charge is 2.30. The summed E-state index contributed by atoms with van der Waals surface area (Å²) in [4.78, 5) is 13.4. The van der Waals surface area contributed by atoms with Gasteiger partial charge >= 0.3 is 5.97 Å². The van der Waals surface area contributed by atoms with Gasteiger partial charge in [0.05, 0.1) is 0 Å². The van der Waals surface area contributed by atoms with Crippen LogP contribution < -0.4 is 0 Å². The molecule has 0 unspecified atom stereocenters. The summed E-state index contributed by atoms with van der Waals surface area (Å²) in [6, 6.07) is 11.7. The number of hydrogen-bond donors (Lipinski definition) is 1. The number of carboxylic acid groups (broad SMARTS) is 1. The Morgan fingerprint density at radius 1 is 1.22 bits per heavy atom. The molecule has 3 rings (SSSR count). The Hall–Kier alpha value is -1.74. The third kappa shape index (κ3) is 4.76. The van der Waals surface area contributed by atoms with Crippen LogP contribution in [0.3, 0.4) is 0 Å². The van der Waals surface area contributed by atoms with E-state index in [-0.39, 0.29) is 15.7 Å². The number of hydrogen-bond acceptors (Lipinski definition) is 5. The largest absolute Gasteiger partial charge is 0.477 e. The van der Waals surface area contributed by atoms with Gasteiger partial charge in [-0.2, -0.15) is 0 Å². The molecule has 1 fully saturated rings. The minimum Gasteiger partial charge on any atom is -0.477 e. The van der Waals surface area contributed by atoms with Gasteiger partial charge in [0.15, 0.2) is 0 Å². The number of likely N-dealkylation sites (tertiary alicyclic amines) is 1. The van der Waals surface area contributed by atoms with Gasteiger partial charge in [-0.1, -0.05) is 30.3 Å². The van der Waals surface area contributed by atoms with E-state index in [9.17, 15) is 18.3 Å². The molecule has 0 radical (unpaired) electrons. The fraction of sp³-hybridized carbons (Fsp3) is 0.421. The Kier molecular flexibility index (Phi) is 6.31. The second kappa shape index (κ2) is 8.52. The van der Waals surface area contributed by atoms with Crippen molar-refractivity contribution in [3.05, 3.63) is 52.2 Å². The molecule has 1 aromatic carbocycles. The molecule has 6 nitrogen and oxygen atoms in total. The fourth-order valence-electron chi connectivity index (χ4n) is 3.45. The lowest BCUT2D eigenvalue weighted by molar-refractivity contribution is 0.0698. The van der Waals surface area contributed by atoms with Crippen molar-refractivity contribution in [2.24, 2.45) is 5.92 Å². The standard InChI is InChI=1S/C19H24N2O4S2/c1-20(27(24,25)17-9-12-26-18(17)19(22)23)13-16-7-10-21(11-8-16)14-15-5-3-2-4-6-15/h2-6,9,12,16H,7-8,10-11,13-14H2,1H3,(H,22,23). The number of benzene rings is 1. The van der Waals surface area contributed by atoms with Crippen molar-refractivity contribution in [1.29, 1.82) is 0 Å². The normalized spacial score (nSPS) is 16.7. The van der Waals surface area contributed by atoms with Gasteiger partial charge in [0.1, 0.15) is 9.77 Å². The first-order valence-electron chi connectivity index (χ1n) is 8.91. The van der Waals surface area contributed by atoms with E-state index in [1.807, 2.05) is 18.2 Å². The molecule has 8 heteroatoms. The molecule has 1 aliphatic heterocycles. The number of thiophene rings is 1. The molecule has 1 saturated heterocycles. The van der Waals surface area contributed by atoms with Crippen LogP contribution in [-0.2, 0) is 16.6 Å². The first-order chi connectivity index (χ1) is 12.9. The Morgan fingerprint density at radius 2 is 1.89 bits per heavy atom. The number of nitrogens with zero attached hydrogens (tertiary/aromatic N) is 2. The fourth-order valence-corrected chi connectivity index (χ4v) is 5.93. The molecule has 1 aliphatic rings. The lowest BCUT2D eigenvalue weighted by Gasteiger charge is -2.33. The Balaban J connectivity index is 1.56. The van der Waals surface area contributed by atoms with E-state index in [1.54, 1.807) is 0 Å². The van der Waals surface area contributed by atoms with Crippen LogP contribution in [-0.4, -0.2) is 55.4 Å². The maximum absolute atomic E-state index is 12.8. The molecule has 2 aromatic rings. The molecule has 146 valence electrons. The second-order valence-corrected chi connectivity index (χ2v) is 9.84. The van der Waals surface area contributed by atoms with Gasteiger partial charge in [0.2, 0.25) is 10.0 Å². The Bertz CT molecular complexity index is 872. The molecule has 2 heterocycles. The van der Waals surface area contributed by atoms with Crippen molar-refractivity contribution < 1.29 is 18.3 Å². The first-order valence-corrected chi connectivity index (χ1v) is 11.2. The van der Waals surface area contributed by atoms with Crippen molar-refractivity contribution in [1.82, 2.24) is 9.21 Å². The van der Waals surface area contributed by atoms with E-state index in [4.69, 9.17) is 0 Å². The molecule has 0 atom stereocenters. The highest BCUT2D eigenvalue weighted by molar-refractivity contribution is 7.89. The quantitative estimate of drug-likeness (QED) is 0.762. The van der Waals surface area contributed by atoms with E-state index in [1.165, 1.54) is 28.4 Å². The molecular formula is C19H24N2O4S2. The maximum Gasteiger partial charge on any atom is 0.347 e. The van der Waals surface area contributed by atoms with Crippen LogP contribution in [0.5, 0.6) is 0 Å². The van der Waals surface area contributed by atoms with Crippen LogP contribution >= 0.6 is 11.3 Å². The summed E-state index contributed by atoms with van der Waals surface area (Å²) in [6.45, 7) is 3.20. The highest BCUT2D eigenvalue weighted by atomic mass is 32.2. The zero-order valence-electron chi connectivity index (χ0n) is 15.2. The number of rotatable bonds is 7. The van der Waals surface area contributed by atoms with Crippen molar-refractivity contribution in [2.45, 2.75) is 24.3 Å². The lowest BCUT2D eigenvalue weighted by atomic mass is 9.96. The zero-order chi connectivity index (χ0) is 19.4. The summed E-state index contributed by atoms with van der Waals surface area (Å²) in [5, 5.41) is 10.7. The van der Waals surface area contributed by atoms with Crippen LogP contribution in [0.1, 0.15) is 28.1 Å². The van der Waals surface area contributed by atoms with E-state index in [0.29, 0.717) is 6.54 Å². The summed E-state index contributed by atoms with van der Waals surface area (Å²) >= 11 is 0.937. The lowest BCUT2D eigenvalue weighted by Crippen LogP contribution is -2.39. The van der Waals surface area contributed by atoms with Gasteiger partial charge < -0.3 is 5.11 Å². The zero-order valence-corrected chi connectivity index (χ0v) is 16.9. The number of piperidine rings is 1. The van der Waals surface area contributed by atoms with Gasteiger partial charge in [-0.15, -0.1) is 11.3 Å². The first kappa shape index (κ1) is 20.0. The maximum atomic E-state index is 12.8. The predicted octanol–water partition coefficient (Wildman–Crippen LogP) is 2.98. The highest BCUT2D eigenvalue weighted by Crippen LogP contribution is 2.27. The van der Waals surface area contributed by atoms with Gasteiger partial charge in [-0.3, -0.25) is 4.90 Å². The topological polar surface area (TPSA) is 77.9 Å². The monoisotopic (exact) mass is 408 g/mol. The smallest absolute Gasteiger partial charge is 0.347 e. The number of carbonyl (C=O) groups is 1. The molecular weight excluding hydrogens is 384 g/mol. The van der Waals surface area contributed by atoms with Crippen molar-refractivity contribution in [2.75, 3.05) is 26.7 Å². The molecule has 0 spiro atoms. The van der Waals surface area contributed by atoms with E-state index in [0.717, 1.165) is 43.8 Å². The average molecular weight is 409 g/mol. The molecule has 0 aliphatic carbocycles. The van der Waals surface area contributed by atoms with E-state index >= 15 is 0 Å². The Morgan fingerprint density at radius 3 is 2.52 bits per heavy atom.